The number of fused-ring (bicyclic) bond motifs is 1. The van der Waals surface area contributed by atoms with Crippen LogP contribution in [0.4, 0.5) is 5.69 Å². The van der Waals surface area contributed by atoms with Gasteiger partial charge in [0.2, 0.25) is 5.91 Å². The summed E-state index contributed by atoms with van der Waals surface area (Å²) in [6, 6.07) is 22.0. The number of amides is 1. The monoisotopic (exact) mass is 421 g/mol. The van der Waals surface area contributed by atoms with Gasteiger partial charge in [-0.05, 0) is 43.3 Å². The van der Waals surface area contributed by atoms with Gasteiger partial charge in [0.1, 0.15) is 17.6 Å². The molecule has 0 bridgehead atoms. The molecular formula is C22H19N3O4S. The van der Waals surface area contributed by atoms with Gasteiger partial charge in [0.15, 0.2) is 5.75 Å². The van der Waals surface area contributed by atoms with Crippen LogP contribution in [-0.2, 0) is 14.8 Å². The Morgan fingerprint density at radius 3 is 2.43 bits per heavy atom. The number of nitrogens with zero attached hydrogens (tertiary/aromatic N) is 1. The number of carbonyl (C=O) groups is 1. The number of benzene rings is 3. The summed E-state index contributed by atoms with van der Waals surface area (Å²) in [5.74, 6) is 0.894. The average molecular weight is 421 g/mol. The van der Waals surface area contributed by atoms with Crippen molar-refractivity contribution in [1.29, 1.82) is 0 Å². The van der Waals surface area contributed by atoms with E-state index in [9.17, 15) is 13.2 Å². The lowest BCUT2D eigenvalue weighted by molar-refractivity contribution is -0.117. The van der Waals surface area contributed by atoms with E-state index < -0.39 is 22.0 Å². The first kappa shape index (κ1) is 19.7. The summed E-state index contributed by atoms with van der Waals surface area (Å²) >= 11 is 0. The number of hydrogen-bond acceptors (Lipinski definition) is 5. The van der Waals surface area contributed by atoms with E-state index >= 15 is 0 Å². The number of aliphatic imine (C=N–C) groups is 1. The summed E-state index contributed by atoms with van der Waals surface area (Å²) in [6.45, 7) is 1.60. The van der Waals surface area contributed by atoms with Crippen molar-refractivity contribution in [2.45, 2.75) is 17.9 Å². The van der Waals surface area contributed by atoms with Gasteiger partial charge >= 0.3 is 0 Å². The highest BCUT2D eigenvalue weighted by Crippen LogP contribution is 2.29. The van der Waals surface area contributed by atoms with Crippen LogP contribution in [0.3, 0.4) is 0 Å². The summed E-state index contributed by atoms with van der Waals surface area (Å²) in [5.41, 5.74) is 0.941. The lowest BCUT2D eigenvalue weighted by atomic mass is 10.2. The predicted octanol–water partition coefficient (Wildman–Crippen LogP) is 3.54. The van der Waals surface area contributed by atoms with Crippen molar-refractivity contribution in [2.75, 3.05) is 5.32 Å². The van der Waals surface area contributed by atoms with Gasteiger partial charge in [0.25, 0.3) is 10.0 Å². The van der Waals surface area contributed by atoms with Gasteiger partial charge in [0, 0.05) is 5.56 Å². The van der Waals surface area contributed by atoms with Crippen molar-refractivity contribution < 1.29 is 17.9 Å². The molecule has 0 saturated heterocycles. The highest BCUT2D eigenvalue weighted by atomic mass is 32.2. The van der Waals surface area contributed by atoms with Crippen LogP contribution in [0, 0.1) is 0 Å². The third kappa shape index (κ3) is 4.04. The first-order chi connectivity index (χ1) is 14.4. The van der Waals surface area contributed by atoms with Crippen LogP contribution in [-0.4, -0.2) is 26.2 Å². The molecule has 0 radical (unpaired) electrons. The zero-order valence-electron chi connectivity index (χ0n) is 16.1. The predicted molar refractivity (Wildman–Crippen MR) is 114 cm³/mol. The minimum atomic E-state index is -3.66. The number of sulfonamides is 1. The fourth-order valence-electron chi connectivity index (χ4n) is 2.99. The van der Waals surface area contributed by atoms with Crippen LogP contribution in [0.5, 0.6) is 11.5 Å². The zero-order chi connectivity index (χ0) is 21.1. The molecule has 0 aliphatic carbocycles. The molecule has 2 N–H and O–H groups in total. The molecule has 0 spiro atoms. The van der Waals surface area contributed by atoms with Crippen LogP contribution < -0.4 is 14.8 Å². The van der Waals surface area contributed by atoms with Gasteiger partial charge in [0.05, 0.1) is 10.6 Å². The molecule has 0 aromatic heterocycles. The molecule has 0 fully saturated rings. The molecule has 1 amide bonds. The Hall–Kier alpha value is -3.65. The molecule has 1 aliphatic heterocycles. The van der Waals surface area contributed by atoms with Gasteiger partial charge in [-0.1, -0.05) is 42.5 Å². The Labute approximate surface area is 174 Å². The first-order valence-corrected chi connectivity index (χ1v) is 10.8. The van der Waals surface area contributed by atoms with Gasteiger partial charge in [-0.2, -0.15) is 0 Å². The molecule has 152 valence electrons. The van der Waals surface area contributed by atoms with Gasteiger partial charge in [-0.25, -0.2) is 8.42 Å². The highest BCUT2D eigenvalue weighted by Gasteiger charge is 2.31. The Balaban J connectivity index is 1.54. The maximum atomic E-state index is 12.7. The molecule has 1 atom stereocenters. The van der Waals surface area contributed by atoms with E-state index in [0.717, 1.165) is 0 Å². The number of ether oxygens (including phenoxy) is 1. The largest absolute Gasteiger partial charge is 0.455 e. The summed E-state index contributed by atoms with van der Waals surface area (Å²) in [6.07, 6.45) is 0. The topological polar surface area (TPSA) is 96.9 Å². The van der Waals surface area contributed by atoms with Crippen LogP contribution in [0.1, 0.15) is 12.5 Å². The standard InChI is InChI=1S/C22H19N3O4S/c1-15(23-21-17-11-5-8-14-20(17)30(27,28)25-21)22(26)24-18-12-6-7-13-19(18)29-16-9-3-2-4-10-16/h2-15H,1H3,(H,23,25)(H,24,26)/t15-/m0/s1. The second-order valence-corrected chi connectivity index (χ2v) is 8.31. The molecule has 0 saturated carbocycles. The van der Waals surface area contributed by atoms with Crippen molar-refractivity contribution in [2.24, 2.45) is 4.99 Å². The summed E-state index contributed by atoms with van der Waals surface area (Å²) < 4.78 is 32.7. The van der Waals surface area contributed by atoms with Crippen molar-refractivity contribution in [3.8, 4) is 11.5 Å². The Kier molecular flexibility index (Phi) is 5.24. The number of nitrogens with one attached hydrogen (secondary N) is 2. The van der Waals surface area contributed by atoms with Gasteiger partial charge < -0.3 is 10.1 Å². The third-order valence-electron chi connectivity index (χ3n) is 4.48. The van der Waals surface area contributed by atoms with E-state index in [-0.39, 0.29) is 10.7 Å². The van der Waals surface area contributed by atoms with E-state index in [1.165, 1.54) is 6.07 Å². The average Bonchev–Trinajstić information content (AvgIpc) is 3.00. The van der Waals surface area contributed by atoms with Crippen LogP contribution in [0.25, 0.3) is 0 Å². The molecule has 4 rings (SSSR count). The molecule has 30 heavy (non-hydrogen) atoms. The molecule has 3 aromatic carbocycles. The maximum Gasteiger partial charge on any atom is 0.263 e. The fourth-order valence-corrected chi connectivity index (χ4v) is 4.23. The van der Waals surface area contributed by atoms with Crippen LogP contribution in [0.15, 0.2) is 88.8 Å². The van der Waals surface area contributed by atoms with Crippen LogP contribution in [0.2, 0.25) is 0 Å². The minimum Gasteiger partial charge on any atom is -0.455 e. The number of anilines is 1. The number of amidine groups is 1. The van der Waals surface area contributed by atoms with E-state index in [1.54, 1.807) is 43.3 Å². The quantitative estimate of drug-likeness (QED) is 0.658. The Morgan fingerprint density at radius 2 is 1.63 bits per heavy atom. The third-order valence-corrected chi connectivity index (χ3v) is 5.88. The number of para-hydroxylation sites is 3. The number of carbonyl (C=O) groups excluding carboxylic acids is 1. The molecule has 8 heteroatoms. The van der Waals surface area contributed by atoms with Crippen LogP contribution >= 0.6 is 0 Å². The molecule has 1 heterocycles. The molecule has 7 nitrogen and oxygen atoms in total. The normalized spacial score (nSPS) is 16.4. The molecule has 3 aromatic rings. The molecule has 1 aliphatic rings. The Morgan fingerprint density at radius 1 is 0.967 bits per heavy atom. The SMILES string of the molecule is C[C@H](N=C1NS(=O)(=O)c2ccccc21)C(=O)Nc1ccccc1Oc1ccccc1. The molecule has 0 unspecified atom stereocenters. The van der Waals surface area contributed by atoms with E-state index in [4.69, 9.17) is 4.74 Å². The molecular weight excluding hydrogens is 402 g/mol. The zero-order valence-corrected chi connectivity index (χ0v) is 16.9. The Bertz CT molecular complexity index is 1220. The second-order valence-electron chi connectivity index (χ2n) is 6.66. The first-order valence-electron chi connectivity index (χ1n) is 9.27. The van der Waals surface area contributed by atoms with E-state index in [0.29, 0.717) is 22.7 Å². The van der Waals surface area contributed by atoms with Crippen molar-refractivity contribution in [3.05, 3.63) is 84.4 Å². The van der Waals surface area contributed by atoms with Crippen molar-refractivity contribution >= 4 is 27.5 Å². The van der Waals surface area contributed by atoms with Crippen molar-refractivity contribution in [3.63, 3.8) is 0 Å². The van der Waals surface area contributed by atoms with E-state index in [1.807, 2.05) is 36.4 Å². The maximum absolute atomic E-state index is 12.7. The lowest BCUT2D eigenvalue weighted by Gasteiger charge is -2.14. The fraction of sp³-hybridized carbons (Fsp3) is 0.0909. The van der Waals surface area contributed by atoms with Gasteiger partial charge in [-0.15, -0.1) is 0 Å². The smallest absolute Gasteiger partial charge is 0.263 e. The minimum absolute atomic E-state index is 0.151. The summed E-state index contributed by atoms with van der Waals surface area (Å²) in [7, 11) is -3.66. The number of hydrogen-bond donors (Lipinski definition) is 2. The van der Waals surface area contributed by atoms with E-state index in [2.05, 4.69) is 15.0 Å². The highest BCUT2D eigenvalue weighted by molar-refractivity contribution is 7.90. The summed E-state index contributed by atoms with van der Waals surface area (Å²) in [5, 5.41) is 2.80. The van der Waals surface area contributed by atoms with Crippen molar-refractivity contribution in [1.82, 2.24) is 4.72 Å². The number of rotatable bonds is 5. The second kappa shape index (κ2) is 8.00. The lowest BCUT2D eigenvalue weighted by Crippen LogP contribution is -2.29. The van der Waals surface area contributed by atoms with Gasteiger partial charge in [-0.3, -0.25) is 14.5 Å². The summed E-state index contributed by atoms with van der Waals surface area (Å²) in [4.78, 5) is 17.2.